The molecule has 0 aliphatic carbocycles. The molecule has 29 heavy (non-hydrogen) atoms. The van der Waals surface area contributed by atoms with Gasteiger partial charge < -0.3 is 13.9 Å². The minimum atomic E-state index is -5.20. The SMILES string of the molecule is CNC.O=Cc1c(-c2ccc(F)cc2)oc2ccc(OS(=O)C(F)(F)F)c(F)c12. The summed E-state index contributed by atoms with van der Waals surface area (Å²) in [6.07, 6.45) is 0.248. The summed E-state index contributed by atoms with van der Waals surface area (Å²) >= 11 is -3.78. The molecule has 5 nitrogen and oxygen atoms in total. The van der Waals surface area contributed by atoms with Gasteiger partial charge in [0, 0.05) is 5.56 Å². The fourth-order valence-corrected chi connectivity index (χ4v) is 2.66. The van der Waals surface area contributed by atoms with E-state index < -0.39 is 39.4 Å². The van der Waals surface area contributed by atoms with E-state index in [2.05, 4.69) is 9.50 Å². The van der Waals surface area contributed by atoms with Gasteiger partial charge in [0.05, 0.1) is 10.9 Å². The lowest BCUT2D eigenvalue weighted by molar-refractivity contribution is -0.0438. The number of halogens is 5. The highest BCUT2D eigenvalue weighted by molar-refractivity contribution is 7.81. The largest absolute Gasteiger partial charge is 0.508 e. The number of carbonyl (C=O) groups excluding carboxylic acids is 1. The Labute approximate surface area is 164 Å². The molecule has 1 atom stereocenters. The predicted octanol–water partition coefficient (Wildman–Crippen LogP) is 4.59. The van der Waals surface area contributed by atoms with Crippen LogP contribution in [0.25, 0.3) is 22.3 Å². The van der Waals surface area contributed by atoms with Crippen LogP contribution in [-0.4, -0.2) is 30.1 Å². The normalized spacial score (nSPS) is 12.2. The number of furan rings is 1. The van der Waals surface area contributed by atoms with Crippen LogP contribution in [0.1, 0.15) is 10.4 Å². The highest BCUT2D eigenvalue weighted by atomic mass is 32.2. The molecular formula is C18H14F5NO4S. The van der Waals surface area contributed by atoms with Crippen LogP contribution < -0.4 is 9.50 Å². The summed E-state index contributed by atoms with van der Waals surface area (Å²) in [5.41, 5.74) is -5.39. The van der Waals surface area contributed by atoms with E-state index in [9.17, 15) is 31.0 Å². The maximum Gasteiger partial charge on any atom is 0.508 e. The van der Waals surface area contributed by atoms with Crippen LogP contribution in [0.2, 0.25) is 0 Å². The fraction of sp³-hybridized carbons (Fsp3) is 0.167. The maximum absolute atomic E-state index is 14.6. The lowest BCUT2D eigenvalue weighted by Gasteiger charge is -2.08. The number of alkyl halides is 3. The molecule has 1 aromatic heterocycles. The smallest absolute Gasteiger partial charge is 0.455 e. The van der Waals surface area contributed by atoms with Gasteiger partial charge in [-0.1, -0.05) is 0 Å². The Morgan fingerprint density at radius 1 is 1.07 bits per heavy atom. The lowest BCUT2D eigenvalue weighted by Crippen LogP contribution is -2.21. The lowest BCUT2D eigenvalue weighted by atomic mass is 10.1. The van der Waals surface area contributed by atoms with E-state index >= 15 is 0 Å². The maximum atomic E-state index is 14.6. The van der Waals surface area contributed by atoms with Crippen molar-refractivity contribution in [3.63, 3.8) is 0 Å². The van der Waals surface area contributed by atoms with Crippen LogP contribution in [0, 0.1) is 11.6 Å². The summed E-state index contributed by atoms with van der Waals surface area (Å²) < 4.78 is 85.1. The summed E-state index contributed by atoms with van der Waals surface area (Å²) in [5, 5.41) is 2.32. The average molecular weight is 435 g/mol. The molecule has 11 heteroatoms. The molecule has 0 bridgehead atoms. The number of rotatable bonds is 4. The molecule has 3 aromatic rings. The van der Waals surface area contributed by atoms with Crippen molar-refractivity contribution in [1.82, 2.24) is 5.32 Å². The fourth-order valence-electron chi connectivity index (χ4n) is 2.28. The number of nitrogens with one attached hydrogen (secondary N) is 1. The molecule has 0 radical (unpaired) electrons. The number of fused-ring (bicyclic) bond motifs is 1. The zero-order valence-electron chi connectivity index (χ0n) is 15.0. The first kappa shape index (κ1) is 22.5. The molecule has 1 heterocycles. The molecule has 156 valence electrons. The van der Waals surface area contributed by atoms with Gasteiger partial charge in [0.1, 0.15) is 17.2 Å². The van der Waals surface area contributed by atoms with Gasteiger partial charge in [-0.25, -0.2) is 13.0 Å². The Bertz CT molecular complexity index is 1030. The number of hydrogen-bond donors (Lipinski definition) is 1. The molecule has 0 aliphatic heterocycles. The second kappa shape index (κ2) is 9.14. The van der Waals surface area contributed by atoms with Gasteiger partial charge >= 0.3 is 16.6 Å². The Morgan fingerprint density at radius 3 is 2.17 bits per heavy atom. The van der Waals surface area contributed by atoms with Crippen LogP contribution in [0.3, 0.4) is 0 Å². The highest BCUT2D eigenvalue weighted by Gasteiger charge is 2.40. The van der Waals surface area contributed by atoms with Crippen molar-refractivity contribution in [2.24, 2.45) is 0 Å². The molecule has 0 fully saturated rings. The molecule has 2 aromatic carbocycles. The zero-order valence-corrected chi connectivity index (χ0v) is 15.8. The molecule has 1 unspecified atom stereocenters. The van der Waals surface area contributed by atoms with Crippen molar-refractivity contribution in [2.45, 2.75) is 5.51 Å². The second-order valence-corrected chi connectivity index (χ2v) is 6.58. The topological polar surface area (TPSA) is 68.5 Å². The van der Waals surface area contributed by atoms with Gasteiger partial charge in [-0.3, -0.25) is 4.79 Å². The first-order chi connectivity index (χ1) is 13.6. The van der Waals surface area contributed by atoms with E-state index in [0.29, 0.717) is 0 Å². The third kappa shape index (κ3) is 4.98. The van der Waals surface area contributed by atoms with E-state index in [0.717, 1.165) is 24.3 Å². The Morgan fingerprint density at radius 2 is 1.66 bits per heavy atom. The third-order valence-electron chi connectivity index (χ3n) is 3.37. The molecule has 0 saturated carbocycles. The summed E-state index contributed by atoms with van der Waals surface area (Å²) in [6, 6.07) is 6.63. The van der Waals surface area contributed by atoms with Gasteiger partial charge in [0.25, 0.3) is 0 Å². The van der Waals surface area contributed by atoms with Crippen LogP contribution in [0.5, 0.6) is 5.75 Å². The molecular weight excluding hydrogens is 421 g/mol. The van der Waals surface area contributed by atoms with Crippen molar-refractivity contribution in [3.8, 4) is 17.1 Å². The van der Waals surface area contributed by atoms with Crippen LogP contribution in [0.15, 0.2) is 40.8 Å². The standard InChI is InChI=1S/C16H7F5O4S.C2H7N/c17-9-3-1-8(2-4-9)15-10(7-22)13-11(24-15)5-6-12(14(13)18)25-26(23)16(19,20)21;1-3-2/h1-7H;3H,1-2H3. The highest BCUT2D eigenvalue weighted by Crippen LogP contribution is 2.38. The van der Waals surface area contributed by atoms with Gasteiger partial charge in [0.2, 0.25) is 0 Å². The molecule has 0 spiro atoms. The third-order valence-corrected chi connectivity index (χ3v) is 4.08. The first-order valence-electron chi connectivity index (χ1n) is 7.85. The molecule has 0 aliphatic rings. The predicted molar refractivity (Wildman–Crippen MR) is 96.8 cm³/mol. The number of carbonyl (C=O) groups is 1. The van der Waals surface area contributed by atoms with Crippen LogP contribution in [-0.2, 0) is 11.1 Å². The van der Waals surface area contributed by atoms with Crippen LogP contribution in [0.4, 0.5) is 22.0 Å². The molecule has 0 amide bonds. The van der Waals surface area contributed by atoms with Crippen molar-refractivity contribution >= 4 is 28.3 Å². The van der Waals surface area contributed by atoms with Crippen molar-refractivity contribution in [2.75, 3.05) is 14.1 Å². The van der Waals surface area contributed by atoms with Gasteiger partial charge in [0.15, 0.2) is 17.9 Å². The van der Waals surface area contributed by atoms with Crippen molar-refractivity contribution in [1.29, 1.82) is 0 Å². The van der Waals surface area contributed by atoms with Crippen molar-refractivity contribution < 1.29 is 39.6 Å². The summed E-state index contributed by atoms with van der Waals surface area (Å²) in [6.45, 7) is 0. The molecule has 1 N–H and O–H groups in total. The van der Waals surface area contributed by atoms with Crippen LogP contribution >= 0.6 is 0 Å². The van der Waals surface area contributed by atoms with Gasteiger partial charge in [-0.15, -0.1) is 0 Å². The minimum Gasteiger partial charge on any atom is -0.455 e. The number of hydrogen-bond acceptors (Lipinski definition) is 5. The molecule has 3 rings (SSSR count). The minimum absolute atomic E-state index is 0.0945. The number of benzene rings is 2. The summed E-state index contributed by atoms with van der Waals surface area (Å²) in [5.74, 6) is -2.93. The van der Waals surface area contributed by atoms with E-state index in [1.165, 1.54) is 12.1 Å². The Balaban J connectivity index is 0.000000941. The van der Waals surface area contributed by atoms with E-state index in [-0.39, 0.29) is 28.8 Å². The number of aldehydes is 1. The second-order valence-electron chi connectivity index (χ2n) is 5.48. The summed E-state index contributed by atoms with van der Waals surface area (Å²) in [4.78, 5) is 11.4. The zero-order chi connectivity index (χ0) is 21.8. The first-order valence-corrected chi connectivity index (χ1v) is 8.93. The average Bonchev–Trinajstić information content (AvgIpc) is 3.04. The Hall–Kier alpha value is -2.79. The Kier molecular flexibility index (Phi) is 7.09. The molecule has 0 saturated heterocycles. The van der Waals surface area contributed by atoms with Gasteiger partial charge in [-0.05, 0) is 50.5 Å². The quantitative estimate of drug-likeness (QED) is 0.480. The van der Waals surface area contributed by atoms with Crippen molar-refractivity contribution in [3.05, 3.63) is 53.6 Å². The van der Waals surface area contributed by atoms with E-state index in [4.69, 9.17) is 4.42 Å². The van der Waals surface area contributed by atoms with E-state index in [1.54, 1.807) is 0 Å². The van der Waals surface area contributed by atoms with Gasteiger partial charge in [-0.2, -0.15) is 13.2 Å². The summed E-state index contributed by atoms with van der Waals surface area (Å²) in [7, 11) is 3.75. The van der Waals surface area contributed by atoms with E-state index in [1.807, 2.05) is 14.1 Å². The monoisotopic (exact) mass is 435 g/mol.